The van der Waals surface area contributed by atoms with Gasteiger partial charge in [0, 0.05) is 6.07 Å². The molecule has 2 N–H and O–H groups in total. The van der Waals surface area contributed by atoms with Gasteiger partial charge in [0.05, 0.1) is 0 Å². The second kappa shape index (κ2) is 10.5. The minimum Gasteiger partial charge on any atom is -0.588 e. The molecule has 7 nitrogen and oxygen atoms in total. The number of hydrogen-bond acceptors (Lipinski definition) is 5. The van der Waals surface area contributed by atoms with Crippen LogP contribution in [0.5, 0.6) is 5.75 Å². The second-order valence-electron chi connectivity index (χ2n) is 7.42. The molecule has 0 aliphatic heterocycles. The van der Waals surface area contributed by atoms with Crippen molar-refractivity contribution in [2.45, 2.75) is 64.2 Å². The number of benzene rings is 1. The van der Waals surface area contributed by atoms with Crippen molar-refractivity contribution < 1.29 is 32.4 Å². The zero-order valence-electron chi connectivity index (χ0n) is 16.5. The zero-order valence-corrected chi connectivity index (χ0v) is 17.3. The summed E-state index contributed by atoms with van der Waals surface area (Å²) >= 11 is -2.02. The van der Waals surface area contributed by atoms with Crippen molar-refractivity contribution in [1.29, 1.82) is 0 Å². The monoisotopic (exact) mass is 420 g/mol. The topological polar surface area (TPSA) is 99.7 Å². The summed E-state index contributed by atoms with van der Waals surface area (Å²) in [5.41, 5.74) is -0.739. The average Bonchev–Trinajstić information content (AvgIpc) is 2.51. The van der Waals surface area contributed by atoms with Gasteiger partial charge in [-0.1, -0.05) is 19.9 Å². The Labute approximate surface area is 166 Å². The Hall–Kier alpha value is -2.07. The maximum absolute atomic E-state index is 12.5. The molecule has 0 aliphatic rings. The number of halogens is 2. The molecule has 1 aromatic carbocycles. The third-order valence-electron chi connectivity index (χ3n) is 3.15. The number of rotatable bonds is 8. The lowest BCUT2D eigenvalue weighted by molar-refractivity contribution is -0.121. The summed E-state index contributed by atoms with van der Waals surface area (Å²) in [7, 11) is 0. The lowest BCUT2D eigenvalue weighted by Gasteiger charge is -2.24. The molecule has 0 radical (unpaired) electrons. The highest BCUT2D eigenvalue weighted by Gasteiger charge is 2.28. The second-order valence-corrected chi connectivity index (χ2v) is 8.63. The number of alkyl halides is 2. The maximum atomic E-state index is 12.5. The average molecular weight is 420 g/mol. The molecule has 2 atom stereocenters. The van der Waals surface area contributed by atoms with Crippen molar-refractivity contribution in [2.24, 2.45) is 5.92 Å². The molecule has 0 bridgehead atoms. The minimum atomic E-state index is -3.02. The molecule has 10 heteroatoms. The molecule has 1 unspecified atom stereocenters. The summed E-state index contributed by atoms with van der Waals surface area (Å²) in [5, 5.41) is 2.47. The Morgan fingerprint density at radius 3 is 2.43 bits per heavy atom. The Morgan fingerprint density at radius 2 is 1.89 bits per heavy atom. The third kappa shape index (κ3) is 9.23. The Kier molecular flexibility index (Phi) is 8.96. The van der Waals surface area contributed by atoms with E-state index in [-0.39, 0.29) is 23.0 Å². The van der Waals surface area contributed by atoms with E-state index in [1.165, 1.54) is 18.2 Å². The van der Waals surface area contributed by atoms with Gasteiger partial charge in [-0.25, -0.2) is 4.79 Å². The summed E-state index contributed by atoms with van der Waals surface area (Å²) in [6.07, 6.45) is -0.483. The van der Waals surface area contributed by atoms with Crippen LogP contribution < -0.4 is 14.8 Å². The first-order valence-electron chi connectivity index (χ1n) is 8.64. The highest BCUT2D eigenvalue weighted by molar-refractivity contribution is 7.90. The number of amides is 2. The molecule has 0 fully saturated rings. The van der Waals surface area contributed by atoms with E-state index in [2.05, 4.69) is 14.8 Å². The highest BCUT2D eigenvalue weighted by Crippen LogP contribution is 2.19. The summed E-state index contributed by atoms with van der Waals surface area (Å²) in [6, 6.07) is 4.22. The van der Waals surface area contributed by atoms with Crippen molar-refractivity contribution >= 4 is 23.4 Å². The smallest absolute Gasteiger partial charge is 0.408 e. The van der Waals surface area contributed by atoms with E-state index in [0.717, 1.165) is 6.07 Å². The van der Waals surface area contributed by atoms with Crippen LogP contribution in [0, 0.1) is 5.92 Å². The van der Waals surface area contributed by atoms with Crippen LogP contribution in [0.15, 0.2) is 29.2 Å². The van der Waals surface area contributed by atoms with Crippen LogP contribution in [0.4, 0.5) is 13.6 Å². The molecular formula is C18H26F2N2O5S. The summed E-state index contributed by atoms with van der Waals surface area (Å²) in [5.74, 6) is -0.805. The van der Waals surface area contributed by atoms with Gasteiger partial charge in [0.15, 0.2) is 4.90 Å². The standard InChI is InChI=1S/C18H26F2N2O5S/c1-11(2)9-14(21-17(24)27-18(3,4)5)15(23)22-28(25)13-8-6-7-12(10-13)26-16(19)20/h6-8,10-11,14,16H,9H2,1-5H3,(H,21,24)(H,22,23)/t14-,28?/m0/s1. The van der Waals surface area contributed by atoms with Gasteiger partial charge in [0.1, 0.15) is 28.8 Å². The van der Waals surface area contributed by atoms with Gasteiger partial charge in [0.25, 0.3) is 5.91 Å². The highest BCUT2D eigenvalue weighted by atomic mass is 32.2. The maximum Gasteiger partial charge on any atom is 0.408 e. The van der Waals surface area contributed by atoms with Crippen molar-refractivity contribution in [3.05, 3.63) is 24.3 Å². The summed E-state index contributed by atoms with van der Waals surface area (Å²) in [4.78, 5) is 24.6. The van der Waals surface area contributed by atoms with Gasteiger partial charge in [0.2, 0.25) is 0 Å². The Bertz CT molecular complexity index is 668. The molecule has 28 heavy (non-hydrogen) atoms. The molecule has 1 aromatic rings. The van der Waals surface area contributed by atoms with Gasteiger partial charge < -0.3 is 19.3 Å². The van der Waals surface area contributed by atoms with Crippen LogP contribution in [0.2, 0.25) is 0 Å². The molecule has 2 amide bonds. The fourth-order valence-electron chi connectivity index (χ4n) is 2.14. The van der Waals surface area contributed by atoms with Crippen molar-refractivity contribution in [3.63, 3.8) is 0 Å². The van der Waals surface area contributed by atoms with Crippen molar-refractivity contribution in [2.75, 3.05) is 0 Å². The first-order valence-corrected chi connectivity index (χ1v) is 9.79. The minimum absolute atomic E-state index is 0.0573. The fraction of sp³-hybridized carbons (Fsp3) is 0.556. The SMILES string of the molecule is CC(C)C[C@H](NC(=O)OC(C)(C)C)C(=O)N[S+]([O-])c1cccc(OC(F)F)c1. The first kappa shape index (κ1) is 24.0. The molecule has 0 heterocycles. The van der Waals surface area contributed by atoms with Crippen molar-refractivity contribution in [3.8, 4) is 5.75 Å². The van der Waals surface area contributed by atoms with E-state index in [9.17, 15) is 22.9 Å². The molecule has 1 rings (SSSR count). The lowest BCUT2D eigenvalue weighted by atomic mass is 10.0. The molecular weight excluding hydrogens is 394 g/mol. The molecule has 0 aliphatic carbocycles. The van der Waals surface area contributed by atoms with Crippen LogP contribution in [0.3, 0.4) is 0 Å². The van der Waals surface area contributed by atoms with Gasteiger partial charge in [-0.3, -0.25) is 4.79 Å². The number of alkyl carbamates (subject to hydrolysis) is 1. The predicted octanol–water partition coefficient (Wildman–Crippen LogP) is 3.37. The zero-order chi connectivity index (χ0) is 21.5. The quantitative estimate of drug-likeness (QED) is 0.628. The van der Waals surface area contributed by atoms with E-state index >= 15 is 0 Å². The first-order chi connectivity index (χ1) is 12.9. The molecule has 158 valence electrons. The fourth-order valence-corrected chi connectivity index (χ4v) is 3.01. The summed E-state index contributed by atoms with van der Waals surface area (Å²) in [6.45, 7) is 5.76. The van der Waals surface area contributed by atoms with Crippen LogP contribution in [0.25, 0.3) is 0 Å². The lowest BCUT2D eigenvalue weighted by Crippen LogP contribution is -2.50. The van der Waals surface area contributed by atoms with Crippen LogP contribution >= 0.6 is 0 Å². The number of ether oxygens (including phenoxy) is 2. The number of carbonyl (C=O) groups excluding carboxylic acids is 2. The van der Waals surface area contributed by atoms with Crippen LogP contribution in [-0.4, -0.2) is 34.8 Å². The van der Waals surface area contributed by atoms with Gasteiger partial charge >= 0.3 is 12.7 Å². The Balaban J connectivity index is 2.82. The van der Waals surface area contributed by atoms with Crippen LogP contribution in [-0.2, 0) is 20.9 Å². The predicted molar refractivity (Wildman–Crippen MR) is 100 cm³/mol. The summed E-state index contributed by atoms with van der Waals surface area (Å²) < 4.78 is 48.7. The van der Waals surface area contributed by atoms with Crippen molar-refractivity contribution in [1.82, 2.24) is 10.0 Å². The third-order valence-corrected chi connectivity index (χ3v) is 4.22. The van der Waals surface area contributed by atoms with Gasteiger partial charge in [-0.05, 0) is 45.2 Å². The molecule has 0 spiro atoms. The normalized spacial score (nSPS) is 13.8. The largest absolute Gasteiger partial charge is 0.588 e. The Morgan fingerprint density at radius 1 is 1.25 bits per heavy atom. The molecule has 0 aromatic heterocycles. The van der Waals surface area contributed by atoms with E-state index in [1.807, 2.05) is 13.8 Å². The van der Waals surface area contributed by atoms with E-state index in [1.54, 1.807) is 20.8 Å². The number of nitrogens with one attached hydrogen (secondary N) is 2. The number of hydrogen-bond donors (Lipinski definition) is 2. The van der Waals surface area contributed by atoms with E-state index in [4.69, 9.17) is 4.74 Å². The molecule has 0 saturated carbocycles. The molecule has 0 saturated heterocycles. The van der Waals surface area contributed by atoms with E-state index in [0.29, 0.717) is 0 Å². The number of carbonyl (C=O) groups is 2. The van der Waals surface area contributed by atoms with E-state index < -0.39 is 41.6 Å². The van der Waals surface area contributed by atoms with Crippen LogP contribution in [0.1, 0.15) is 41.0 Å². The van der Waals surface area contributed by atoms with Gasteiger partial charge in [-0.15, -0.1) is 0 Å². The van der Waals surface area contributed by atoms with Gasteiger partial charge in [-0.2, -0.15) is 13.5 Å².